The molecule has 0 fully saturated rings. The van der Waals surface area contributed by atoms with Gasteiger partial charge in [0, 0.05) is 18.6 Å². The SMILES string of the molecule is CC(=O)Nc1c(C=O)cccc1[N+](=O)[O-]. The van der Waals surface area contributed by atoms with E-state index in [1.807, 2.05) is 0 Å². The Kier molecular flexibility index (Phi) is 3.12. The minimum Gasteiger partial charge on any atom is -0.320 e. The Balaban J connectivity index is 3.32. The number of carbonyl (C=O) groups excluding carboxylic acids is 2. The van der Waals surface area contributed by atoms with Crippen molar-refractivity contribution in [3.63, 3.8) is 0 Å². The summed E-state index contributed by atoms with van der Waals surface area (Å²) in [7, 11) is 0. The van der Waals surface area contributed by atoms with E-state index in [1.165, 1.54) is 25.1 Å². The van der Waals surface area contributed by atoms with Gasteiger partial charge in [0.2, 0.25) is 5.91 Å². The van der Waals surface area contributed by atoms with Gasteiger partial charge in [-0.05, 0) is 6.07 Å². The average molecular weight is 208 g/mol. The molecule has 0 aliphatic rings. The van der Waals surface area contributed by atoms with E-state index in [0.717, 1.165) is 0 Å². The Morgan fingerprint density at radius 1 is 1.53 bits per heavy atom. The van der Waals surface area contributed by atoms with Crippen LogP contribution >= 0.6 is 0 Å². The predicted molar refractivity (Wildman–Crippen MR) is 52.8 cm³/mol. The number of anilines is 1. The number of aldehydes is 1. The standard InChI is InChI=1S/C9H8N2O4/c1-6(13)10-9-7(5-12)3-2-4-8(9)11(14)15/h2-5H,1H3,(H,10,13). The fraction of sp³-hybridized carbons (Fsp3) is 0.111. The zero-order chi connectivity index (χ0) is 11.4. The molecule has 0 saturated heterocycles. The second-order valence-electron chi connectivity index (χ2n) is 2.80. The molecule has 1 aromatic rings. The molecule has 0 spiro atoms. The molecule has 1 amide bonds. The van der Waals surface area contributed by atoms with Gasteiger partial charge in [-0.15, -0.1) is 0 Å². The van der Waals surface area contributed by atoms with E-state index in [2.05, 4.69) is 5.32 Å². The summed E-state index contributed by atoms with van der Waals surface area (Å²) in [4.78, 5) is 31.4. The normalized spacial score (nSPS) is 9.40. The lowest BCUT2D eigenvalue weighted by Crippen LogP contribution is -2.10. The van der Waals surface area contributed by atoms with Crippen molar-refractivity contribution in [2.45, 2.75) is 6.92 Å². The number of para-hydroxylation sites is 1. The van der Waals surface area contributed by atoms with Gasteiger partial charge in [0.1, 0.15) is 5.69 Å². The summed E-state index contributed by atoms with van der Waals surface area (Å²) in [5.41, 5.74) is -0.279. The second-order valence-corrected chi connectivity index (χ2v) is 2.80. The molecule has 6 heteroatoms. The molecule has 0 saturated carbocycles. The molecule has 0 bridgehead atoms. The molecule has 6 nitrogen and oxygen atoms in total. The molecule has 1 aromatic carbocycles. The number of amides is 1. The van der Waals surface area contributed by atoms with Crippen molar-refractivity contribution < 1.29 is 14.5 Å². The zero-order valence-electron chi connectivity index (χ0n) is 7.89. The minimum atomic E-state index is -0.654. The number of nitro groups is 1. The highest BCUT2D eigenvalue weighted by molar-refractivity contribution is 5.98. The van der Waals surface area contributed by atoms with Crippen molar-refractivity contribution in [1.82, 2.24) is 0 Å². The van der Waals surface area contributed by atoms with Gasteiger partial charge < -0.3 is 5.32 Å². The van der Waals surface area contributed by atoms with Crippen molar-refractivity contribution in [2.24, 2.45) is 0 Å². The molecule has 0 aliphatic carbocycles. The highest BCUT2D eigenvalue weighted by Crippen LogP contribution is 2.26. The average Bonchev–Trinajstić information content (AvgIpc) is 2.16. The Morgan fingerprint density at radius 2 is 2.20 bits per heavy atom. The molecule has 0 radical (unpaired) electrons. The van der Waals surface area contributed by atoms with E-state index in [1.54, 1.807) is 0 Å². The third-order valence-corrected chi connectivity index (χ3v) is 1.70. The molecule has 1 rings (SSSR count). The molecule has 0 heterocycles. The first-order chi connectivity index (χ1) is 7.06. The van der Waals surface area contributed by atoms with Gasteiger partial charge in [0.15, 0.2) is 6.29 Å². The lowest BCUT2D eigenvalue weighted by Gasteiger charge is -2.05. The van der Waals surface area contributed by atoms with Crippen LogP contribution in [0.2, 0.25) is 0 Å². The van der Waals surface area contributed by atoms with Gasteiger partial charge in [-0.1, -0.05) is 6.07 Å². The van der Waals surface area contributed by atoms with E-state index in [-0.39, 0.29) is 16.9 Å². The lowest BCUT2D eigenvalue weighted by molar-refractivity contribution is -0.383. The van der Waals surface area contributed by atoms with Crippen molar-refractivity contribution in [3.8, 4) is 0 Å². The number of carbonyl (C=O) groups is 2. The van der Waals surface area contributed by atoms with Crippen molar-refractivity contribution in [3.05, 3.63) is 33.9 Å². The zero-order valence-corrected chi connectivity index (χ0v) is 7.89. The van der Waals surface area contributed by atoms with Gasteiger partial charge in [0.25, 0.3) is 5.69 Å². The summed E-state index contributed by atoms with van der Waals surface area (Å²) < 4.78 is 0. The predicted octanol–water partition coefficient (Wildman–Crippen LogP) is 1.37. The maximum Gasteiger partial charge on any atom is 0.293 e. The number of benzene rings is 1. The summed E-state index contributed by atoms with van der Waals surface area (Å²) >= 11 is 0. The second kappa shape index (κ2) is 4.32. The topological polar surface area (TPSA) is 89.3 Å². The molecule has 0 aliphatic heterocycles. The number of nitro benzene ring substituents is 1. The van der Waals surface area contributed by atoms with Crippen LogP contribution in [0.3, 0.4) is 0 Å². The van der Waals surface area contributed by atoms with E-state index in [0.29, 0.717) is 6.29 Å². The van der Waals surface area contributed by atoms with Crippen molar-refractivity contribution >= 4 is 23.6 Å². The Morgan fingerprint density at radius 3 is 2.67 bits per heavy atom. The van der Waals surface area contributed by atoms with Gasteiger partial charge in [-0.3, -0.25) is 19.7 Å². The Hall–Kier alpha value is -2.24. The first kappa shape index (κ1) is 10.8. The van der Waals surface area contributed by atoms with E-state index in [4.69, 9.17) is 0 Å². The van der Waals surface area contributed by atoms with Crippen LogP contribution in [0.1, 0.15) is 17.3 Å². The van der Waals surface area contributed by atoms with Crippen LogP contribution in [-0.2, 0) is 4.79 Å². The fourth-order valence-electron chi connectivity index (χ4n) is 1.12. The fourth-order valence-corrected chi connectivity index (χ4v) is 1.12. The number of nitrogens with one attached hydrogen (secondary N) is 1. The molecular weight excluding hydrogens is 200 g/mol. The van der Waals surface area contributed by atoms with Crippen molar-refractivity contribution in [2.75, 3.05) is 5.32 Å². The minimum absolute atomic E-state index is 0.0648. The molecule has 15 heavy (non-hydrogen) atoms. The summed E-state index contributed by atoms with van der Waals surface area (Å²) in [6.45, 7) is 1.21. The third kappa shape index (κ3) is 2.37. The first-order valence-electron chi connectivity index (χ1n) is 4.06. The van der Waals surface area contributed by atoms with Gasteiger partial charge in [-0.2, -0.15) is 0 Å². The smallest absolute Gasteiger partial charge is 0.293 e. The monoisotopic (exact) mass is 208 g/mol. The van der Waals surface area contributed by atoms with E-state index >= 15 is 0 Å². The van der Waals surface area contributed by atoms with E-state index < -0.39 is 10.8 Å². The number of hydrogen-bond donors (Lipinski definition) is 1. The van der Waals surface area contributed by atoms with Gasteiger partial charge >= 0.3 is 0 Å². The molecular formula is C9H8N2O4. The molecule has 0 atom stereocenters. The summed E-state index contributed by atoms with van der Waals surface area (Å²) in [5.74, 6) is -0.465. The highest BCUT2D eigenvalue weighted by Gasteiger charge is 2.17. The summed E-state index contributed by atoms with van der Waals surface area (Å²) in [5, 5.41) is 12.9. The third-order valence-electron chi connectivity index (χ3n) is 1.70. The maximum absolute atomic E-state index is 10.8. The number of hydrogen-bond acceptors (Lipinski definition) is 4. The highest BCUT2D eigenvalue weighted by atomic mass is 16.6. The molecule has 78 valence electrons. The number of rotatable bonds is 3. The lowest BCUT2D eigenvalue weighted by atomic mass is 10.1. The van der Waals surface area contributed by atoms with Crippen LogP contribution in [0.15, 0.2) is 18.2 Å². The molecule has 1 N–H and O–H groups in total. The van der Waals surface area contributed by atoms with Crippen LogP contribution in [0, 0.1) is 10.1 Å². The first-order valence-corrected chi connectivity index (χ1v) is 4.06. The van der Waals surface area contributed by atoms with Gasteiger partial charge in [0.05, 0.1) is 4.92 Å². The number of nitrogens with zero attached hydrogens (tertiary/aromatic N) is 1. The van der Waals surface area contributed by atoms with Gasteiger partial charge in [-0.25, -0.2) is 0 Å². The van der Waals surface area contributed by atoms with Crippen molar-refractivity contribution in [1.29, 1.82) is 0 Å². The summed E-state index contributed by atoms with van der Waals surface area (Å²) in [6, 6.07) is 4.00. The van der Waals surface area contributed by atoms with Crippen LogP contribution < -0.4 is 5.32 Å². The van der Waals surface area contributed by atoms with Crippen LogP contribution in [-0.4, -0.2) is 17.1 Å². The van der Waals surface area contributed by atoms with Crippen LogP contribution in [0.25, 0.3) is 0 Å². The van der Waals surface area contributed by atoms with Crippen LogP contribution in [0.5, 0.6) is 0 Å². The van der Waals surface area contributed by atoms with Crippen LogP contribution in [0.4, 0.5) is 11.4 Å². The summed E-state index contributed by atoms with van der Waals surface area (Å²) in [6.07, 6.45) is 0.457. The largest absolute Gasteiger partial charge is 0.320 e. The van der Waals surface area contributed by atoms with E-state index in [9.17, 15) is 19.7 Å². The Labute approximate surface area is 85.1 Å². The molecule has 0 aromatic heterocycles. The quantitative estimate of drug-likeness (QED) is 0.461. The Bertz CT molecular complexity index is 428. The maximum atomic E-state index is 10.8. The molecule has 0 unspecified atom stereocenters.